The Morgan fingerprint density at radius 2 is 1.88 bits per heavy atom. The number of alkyl halides is 3. The third-order valence-electron chi connectivity index (χ3n) is 6.57. The minimum Gasteiger partial charge on any atom is -0.493 e. The Balaban J connectivity index is 1.30. The monoisotopic (exact) mass is 556 g/mol. The summed E-state index contributed by atoms with van der Waals surface area (Å²) in [7, 11) is 0. The van der Waals surface area contributed by atoms with Gasteiger partial charge >= 0.3 is 6.18 Å². The number of imidazole rings is 1. The highest BCUT2D eigenvalue weighted by Crippen LogP contribution is 2.38. The first-order valence-corrected chi connectivity index (χ1v) is 12.6. The predicted octanol–water partition coefficient (Wildman–Crippen LogP) is 6.61. The van der Waals surface area contributed by atoms with Crippen LogP contribution < -0.4 is 4.74 Å². The van der Waals surface area contributed by atoms with Crippen molar-refractivity contribution in [2.24, 2.45) is 11.0 Å². The molecule has 12 heteroatoms. The molecule has 1 aliphatic heterocycles. The van der Waals surface area contributed by atoms with Crippen LogP contribution in [-0.4, -0.2) is 38.0 Å². The van der Waals surface area contributed by atoms with Crippen LogP contribution in [0.15, 0.2) is 53.6 Å². The third kappa shape index (κ3) is 5.80. The molecule has 0 fully saturated rings. The smallest absolute Gasteiger partial charge is 0.417 e. The van der Waals surface area contributed by atoms with Gasteiger partial charge in [-0.05, 0) is 48.4 Å². The number of ether oxygens (including phenoxy) is 1. The predicted molar refractivity (Wildman–Crippen MR) is 138 cm³/mol. The Labute approximate surface area is 226 Å². The fourth-order valence-corrected chi connectivity index (χ4v) is 4.12. The van der Waals surface area contributed by atoms with Gasteiger partial charge in [0.25, 0.3) is 0 Å². The molecule has 0 spiro atoms. The molecule has 2 aromatic carbocycles. The van der Waals surface area contributed by atoms with E-state index >= 15 is 0 Å². The van der Waals surface area contributed by atoms with Gasteiger partial charge in [0.05, 0.1) is 59.8 Å². The van der Waals surface area contributed by atoms with Crippen LogP contribution in [0.3, 0.4) is 0 Å². The summed E-state index contributed by atoms with van der Waals surface area (Å²) in [5, 5.41) is 14.1. The fourth-order valence-electron chi connectivity index (χ4n) is 4.12. The van der Waals surface area contributed by atoms with Crippen molar-refractivity contribution in [2.75, 3.05) is 6.61 Å². The van der Waals surface area contributed by atoms with E-state index in [-0.39, 0.29) is 47.4 Å². The van der Waals surface area contributed by atoms with Gasteiger partial charge in [0.1, 0.15) is 11.6 Å². The molecule has 5 rings (SSSR count). The van der Waals surface area contributed by atoms with Crippen LogP contribution in [-0.2, 0) is 19.3 Å². The second kappa shape index (κ2) is 11.0. The summed E-state index contributed by atoms with van der Waals surface area (Å²) < 4.78 is 75.0. The van der Waals surface area contributed by atoms with Gasteiger partial charge in [0.2, 0.25) is 0 Å². The zero-order valence-electron chi connectivity index (χ0n) is 21.6. The summed E-state index contributed by atoms with van der Waals surface area (Å²) in [5.41, 5.74) is 0.729. The zero-order chi connectivity index (χ0) is 28.4. The molecule has 40 heavy (non-hydrogen) atoms. The number of fused-ring (bicyclic) bond motifs is 1. The van der Waals surface area contributed by atoms with E-state index in [1.807, 2.05) is 13.8 Å². The summed E-state index contributed by atoms with van der Waals surface area (Å²) in [6.45, 7) is 4.72. The lowest BCUT2D eigenvalue weighted by Crippen LogP contribution is -2.22. The highest BCUT2D eigenvalue weighted by Gasteiger charge is 2.35. The largest absolute Gasteiger partial charge is 0.493 e. The van der Waals surface area contributed by atoms with Crippen LogP contribution in [0.5, 0.6) is 5.75 Å². The number of aromatic amines is 1. The SMILES string of the molecule is CCC(C)COc1ccc(-c2ccc(CN3Cc4nc(-c5cccc(F)c5F)[nH]c4C=N3)nn2)c(C(F)(F)F)c1. The molecule has 0 aliphatic carbocycles. The Kier molecular flexibility index (Phi) is 7.51. The highest BCUT2D eigenvalue weighted by molar-refractivity contribution is 5.80. The molecule has 4 aromatic rings. The first-order valence-electron chi connectivity index (χ1n) is 12.6. The van der Waals surface area contributed by atoms with Crippen molar-refractivity contribution in [1.29, 1.82) is 0 Å². The molecule has 1 aliphatic rings. The van der Waals surface area contributed by atoms with E-state index in [0.29, 0.717) is 23.7 Å². The van der Waals surface area contributed by atoms with Crippen molar-refractivity contribution in [1.82, 2.24) is 25.2 Å². The van der Waals surface area contributed by atoms with E-state index in [1.54, 1.807) is 11.1 Å². The molecule has 0 saturated heterocycles. The molecular weight excluding hydrogens is 531 g/mol. The van der Waals surface area contributed by atoms with E-state index < -0.39 is 23.4 Å². The number of nitrogens with one attached hydrogen (secondary N) is 1. The summed E-state index contributed by atoms with van der Waals surface area (Å²) in [6.07, 6.45) is -2.25. The number of hydrogen-bond acceptors (Lipinski definition) is 6. The Morgan fingerprint density at radius 3 is 2.60 bits per heavy atom. The molecule has 208 valence electrons. The van der Waals surface area contributed by atoms with Crippen molar-refractivity contribution in [3.63, 3.8) is 0 Å². The van der Waals surface area contributed by atoms with Gasteiger partial charge in [-0.2, -0.15) is 28.5 Å². The maximum Gasteiger partial charge on any atom is 0.417 e. The highest BCUT2D eigenvalue weighted by atomic mass is 19.4. The van der Waals surface area contributed by atoms with Crippen molar-refractivity contribution in [3.05, 3.63) is 82.8 Å². The number of H-pyrrole nitrogens is 1. The molecule has 0 radical (unpaired) electrons. The van der Waals surface area contributed by atoms with Gasteiger partial charge in [0, 0.05) is 5.56 Å². The minimum atomic E-state index is -4.61. The van der Waals surface area contributed by atoms with Crippen molar-refractivity contribution >= 4 is 6.21 Å². The van der Waals surface area contributed by atoms with Crippen molar-refractivity contribution in [2.45, 2.75) is 39.5 Å². The van der Waals surface area contributed by atoms with Crippen LogP contribution in [0.1, 0.15) is 42.9 Å². The molecule has 0 saturated carbocycles. The van der Waals surface area contributed by atoms with E-state index in [1.165, 1.54) is 36.5 Å². The molecule has 2 aromatic heterocycles. The zero-order valence-corrected chi connectivity index (χ0v) is 21.6. The Hall–Kier alpha value is -4.35. The number of hydrogen-bond donors (Lipinski definition) is 1. The van der Waals surface area contributed by atoms with Crippen molar-refractivity contribution < 1.29 is 26.7 Å². The summed E-state index contributed by atoms with van der Waals surface area (Å²) >= 11 is 0. The van der Waals surface area contributed by atoms with Crippen LogP contribution in [0.2, 0.25) is 0 Å². The van der Waals surface area contributed by atoms with Gasteiger partial charge < -0.3 is 9.72 Å². The van der Waals surface area contributed by atoms with Crippen LogP contribution in [0, 0.1) is 17.6 Å². The summed E-state index contributed by atoms with van der Waals surface area (Å²) in [4.78, 5) is 7.33. The lowest BCUT2D eigenvalue weighted by molar-refractivity contribution is -0.137. The molecule has 3 heterocycles. The second-order valence-corrected chi connectivity index (χ2v) is 9.55. The molecule has 7 nitrogen and oxygen atoms in total. The number of halogens is 5. The Morgan fingerprint density at radius 1 is 1.05 bits per heavy atom. The van der Waals surface area contributed by atoms with Gasteiger partial charge in [0.15, 0.2) is 11.6 Å². The van der Waals surface area contributed by atoms with Gasteiger partial charge in [-0.1, -0.05) is 26.3 Å². The molecule has 0 amide bonds. The normalized spacial score (nSPS) is 13.8. The second-order valence-electron chi connectivity index (χ2n) is 9.55. The third-order valence-corrected chi connectivity index (χ3v) is 6.57. The average Bonchev–Trinajstić information content (AvgIpc) is 3.36. The lowest BCUT2D eigenvalue weighted by Gasteiger charge is -2.20. The van der Waals surface area contributed by atoms with Crippen LogP contribution >= 0.6 is 0 Å². The quantitative estimate of drug-likeness (QED) is 0.247. The molecule has 1 atom stereocenters. The number of rotatable bonds is 8. The lowest BCUT2D eigenvalue weighted by atomic mass is 10.0. The summed E-state index contributed by atoms with van der Waals surface area (Å²) in [6, 6.07) is 10.7. The van der Waals surface area contributed by atoms with Gasteiger partial charge in [-0.25, -0.2) is 13.8 Å². The molecule has 1 unspecified atom stereocenters. The maximum atomic E-state index is 14.2. The van der Waals surface area contributed by atoms with E-state index in [2.05, 4.69) is 25.3 Å². The summed E-state index contributed by atoms with van der Waals surface area (Å²) in [5.74, 6) is -1.44. The van der Waals surface area contributed by atoms with Gasteiger partial charge in [-0.3, -0.25) is 5.01 Å². The van der Waals surface area contributed by atoms with Gasteiger partial charge in [-0.15, -0.1) is 0 Å². The molecule has 1 N–H and O–H groups in total. The number of aromatic nitrogens is 4. The topological polar surface area (TPSA) is 79.3 Å². The standard InChI is InChI=1S/C28H25F5N6O/c1-3-16(2)15-40-18-8-9-19(21(11-18)28(31,32)33)23-10-7-17(37-38-23)13-39-14-25-24(12-34-39)35-27(36-25)20-5-4-6-22(29)26(20)30/h4-12,16H,3,13-15H2,1-2H3,(H,35,36). The van der Waals surface area contributed by atoms with Crippen LogP contribution in [0.25, 0.3) is 22.6 Å². The first-order chi connectivity index (χ1) is 19.1. The minimum absolute atomic E-state index is 0.00384. The van der Waals surface area contributed by atoms with E-state index in [9.17, 15) is 22.0 Å². The number of nitrogens with zero attached hydrogens (tertiary/aromatic N) is 5. The van der Waals surface area contributed by atoms with E-state index in [0.717, 1.165) is 18.6 Å². The Bertz CT molecular complexity index is 1530. The fraction of sp³-hybridized carbons (Fsp3) is 0.286. The van der Waals surface area contributed by atoms with Crippen LogP contribution in [0.4, 0.5) is 22.0 Å². The van der Waals surface area contributed by atoms with E-state index in [4.69, 9.17) is 4.74 Å². The molecular formula is C28H25F5N6O. The first kappa shape index (κ1) is 27.2. The molecule has 0 bridgehead atoms. The maximum absolute atomic E-state index is 14.2. The average molecular weight is 557 g/mol. The van der Waals surface area contributed by atoms with Crippen molar-refractivity contribution in [3.8, 4) is 28.4 Å². The number of hydrazone groups is 1. The number of benzene rings is 2.